The molecule has 0 radical (unpaired) electrons. The molecule has 1 amide bonds. The summed E-state index contributed by atoms with van der Waals surface area (Å²) in [4.78, 5) is 12.9. The van der Waals surface area contributed by atoms with Gasteiger partial charge in [0.1, 0.15) is 5.82 Å². The van der Waals surface area contributed by atoms with E-state index in [-0.39, 0.29) is 17.0 Å². The van der Waals surface area contributed by atoms with E-state index in [4.69, 9.17) is 11.6 Å². The van der Waals surface area contributed by atoms with Gasteiger partial charge >= 0.3 is 0 Å². The van der Waals surface area contributed by atoms with Gasteiger partial charge in [0.25, 0.3) is 0 Å². The number of halogens is 2. The molecule has 2 rings (SSSR count). The van der Waals surface area contributed by atoms with Gasteiger partial charge in [0.15, 0.2) is 0 Å². The Labute approximate surface area is 126 Å². The second-order valence-corrected chi connectivity index (χ2v) is 5.98. The highest BCUT2D eigenvalue weighted by Crippen LogP contribution is 2.30. The molecule has 0 aliphatic rings. The first-order valence-corrected chi connectivity index (χ1v) is 7.29. The Hall–Kier alpha value is -1.52. The highest BCUT2D eigenvalue weighted by molar-refractivity contribution is 8.00. The third kappa shape index (κ3) is 3.99. The molecule has 104 valence electrons. The molecule has 0 bridgehead atoms. The highest BCUT2D eigenvalue weighted by atomic mass is 35.5. The minimum absolute atomic E-state index is 0.194. The van der Waals surface area contributed by atoms with Gasteiger partial charge in [0, 0.05) is 10.6 Å². The summed E-state index contributed by atoms with van der Waals surface area (Å²) < 4.78 is 13.0. The van der Waals surface area contributed by atoms with Crippen molar-refractivity contribution in [3.63, 3.8) is 0 Å². The summed E-state index contributed by atoms with van der Waals surface area (Å²) in [5.41, 5.74) is 0.446. The van der Waals surface area contributed by atoms with Gasteiger partial charge in [0.05, 0.1) is 10.3 Å². The van der Waals surface area contributed by atoms with Gasteiger partial charge in [-0.05, 0) is 37.3 Å². The summed E-state index contributed by atoms with van der Waals surface area (Å²) in [6.45, 7) is 1.78. The van der Waals surface area contributed by atoms with Gasteiger partial charge in [-0.3, -0.25) is 4.79 Å². The van der Waals surface area contributed by atoms with Crippen molar-refractivity contribution in [1.29, 1.82) is 0 Å². The molecule has 0 aliphatic carbocycles. The molecule has 0 aromatic heterocycles. The number of nitrogens with one attached hydrogen (secondary N) is 1. The van der Waals surface area contributed by atoms with Crippen molar-refractivity contribution in [2.24, 2.45) is 0 Å². The minimum atomic E-state index is -0.380. The molecule has 2 aromatic carbocycles. The van der Waals surface area contributed by atoms with Crippen LogP contribution in [-0.4, -0.2) is 11.2 Å². The molecule has 2 aromatic rings. The molecule has 1 atom stereocenters. The summed E-state index contributed by atoms with van der Waals surface area (Å²) in [7, 11) is 0. The number of thioether (sulfide) groups is 1. The van der Waals surface area contributed by atoms with Crippen LogP contribution in [0.5, 0.6) is 0 Å². The number of benzene rings is 2. The van der Waals surface area contributed by atoms with Crippen LogP contribution >= 0.6 is 23.4 Å². The Bertz CT molecular complexity index is 620. The first-order chi connectivity index (χ1) is 9.56. The predicted molar refractivity (Wildman–Crippen MR) is 81.8 cm³/mol. The Kier molecular flexibility index (Phi) is 5.04. The lowest BCUT2D eigenvalue weighted by Crippen LogP contribution is -2.22. The predicted octanol–water partition coefficient (Wildman–Crippen LogP) is 4.60. The van der Waals surface area contributed by atoms with Crippen molar-refractivity contribution in [3.05, 3.63) is 59.4 Å². The molecule has 0 heterocycles. The third-order valence-corrected chi connectivity index (χ3v) is 4.22. The van der Waals surface area contributed by atoms with E-state index in [1.807, 2.05) is 18.2 Å². The standard InChI is InChI=1S/C15H13ClFNOS/c1-10(20-14-8-3-2-7-13(14)16)15(19)18-12-6-4-5-11(17)9-12/h2-10H,1H3,(H,18,19). The maximum Gasteiger partial charge on any atom is 0.237 e. The summed E-state index contributed by atoms with van der Waals surface area (Å²) >= 11 is 7.42. The van der Waals surface area contributed by atoms with Crippen molar-refractivity contribution in [3.8, 4) is 0 Å². The van der Waals surface area contributed by atoms with E-state index in [1.54, 1.807) is 25.1 Å². The fraction of sp³-hybridized carbons (Fsp3) is 0.133. The lowest BCUT2D eigenvalue weighted by Gasteiger charge is -2.12. The molecule has 2 nitrogen and oxygen atoms in total. The van der Waals surface area contributed by atoms with Gasteiger partial charge in [0.2, 0.25) is 5.91 Å². The van der Waals surface area contributed by atoms with Crippen molar-refractivity contribution >= 4 is 35.0 Å². The summed E-state index contributed by atoms with van der Waals surface area (Å²) in [5.74, 6) is -0.574. The van der Waals surface area contributed by atoms with Crippen LogP contribution in [0.25, 0.3) is 0 Å². The average Bonchev–Trinajstić information content (AvgIpc) is 2.41. The lowest BCUT2D eigenvalue weighted by atomic mass is 10.3. The molecule has 0 saturated carbocycles. The van der Waals surface area contributed by atoms with Gasteiger partial charge in [-0.25, -0.2) is 4.39 Å². The van der Waals surface area contributed by atoms with Crippen LogP contribution in [0.3, 0.4) is 0 Å². The second kappa shape index (κ2) is 6.77. The SMILES string of the molecule is CC(Sc1ccccc1Cl)C(=O)Nc1cccc(F)c1. The molecule has 1 unspecified atom stereocenters. The Morgan fingerprint density at radius 3 is 2.70 bits per heavy atom. The molecule has 1 N–H and O–H groups in total. The molecular formula is C15H13ClFNOS. The number of rotatable bonds is 4. The van der Waals surface area contributed by atoms with Gasteiger partial charge < -0.3 is 5.32 Å². The Balaban J connectivity index is 2.01. The largest absolute Gasteiger partial charge is 0.325 e. The molecular weight excluding hydrogens is 297 g/mol. The smallest absolute Gasteiger partial charge is 0.237 e. The third-order valence-electron chi connectivity index (χ3n) is 2.60. The minimum Gasteiger partial charge on any atom is -0.325 e. The zero-order valence-electron chi connectivity index (χ0n) is 10.8. The first-order valence-electron chi connectivity index (χ1n) is 6.04. The normalized spacial score (nSPS) is 11.9. The monoisotopic (exact) mass is 309 g/mol. The van der Waals surface area contributed by atoms with Crippen LogP contribution in [-0.2, 0) is 4.79 Å². The first kappa shape index (κ1) is 14.9. The van der Waals surface area contributed by atoms with E-state index >= 15 is 0 Å². The molecule has 0 aliphatic heterocycles. The number of hydrogen-bond donors (Lipinski definition) is 1. The molecule has 0 spiro atoms. The number of carbonyl (C=O) groups excluding carboxylic acids is 1. The zero-order chi connectivity index (χ0) is 14.5. The summed E-state index contributed by atoms with van der Waals surface area (Å²) in [5, 5.41) is 2.96. The number of carbonyl (C=O) groups is 1. The fourth-order valence-corrected chi connectivity index (χ4v) is 2.75. The van der Waals surface area contributed by atoms with Crippen LogP contribution in [0, 0.1) is 5.82 Å². The van der Waals surface area contributed by atoms with Crippen molar-refractivity contribution in [2.75, 3.05) is 5.32 Å². The van der Waals surface area contributed by atoms with Crippen molar-refractivity contribution < 1.29 is 9.18 Å². The maximum absolute atomic E-state index is 13.0. The van der Waals surface area contributed by atoms with Gasteiger partial charge in [-0.15, -0.1) is 11.8 Å². The average molecular weight is 310 g/mol. The summed E-state index contributed by atoms with van der Waals surface area (Å²) in [6.07, 6.45) is 0. The van der Waals surface area contributed by atoms with Crippen LogP contribution in [0.1, 0.15) is 6.92 Å². The quantitative estimate of drug-likeness (QED) is 0.836. The number of anilines is 1. The van der Waals surface area contributed by atoms with Crippen molar-refractivity contribution in [1.82, 2.24) is 0 Å². The van der Waals surface area contributed by atoms with E-state index < -0.39 is 0 Å². The van der Waals surface area contributed by atoms with Gasteiger partial charge in [-0.2, -0.15) is 0 Å². The summed E-state index contributed by atoms with van der Waals surface area (Å²) in [6, 6.07) is 13.2. The van der Waals surface area contributed by atoms with Crippen LogP contribution in [0.4, 0.5) is 10.1 Å². The van der Waals surface area contributed by atoms with Crippen molar-refractivity contribution in [2.45, 2.75) is 17.1 Å². The topological polar surface area (TPSA) is 29.1 Å². The van der Waals surface area contributed by atoms with Crippen LogP contribution in [0.15, 0.2) is 53.4 Å². The number of hydrogen-bond acceptors (Lipinski definition) is 2. The second-order valence-electron chi connectivity index (χ2n) is 4.19. The molecule has 0 saturated heterocycles. The fourth-order valence-electron chi connectivity index (χ4n) is 1.59. The zero-order valence-corrected chi connectivity index (χ0v) is 12.3. The number of amides is 1. The molecule has 0 fully saturated rings. The highest BCUT2D eigenvalue weighted by Gasteiger charge is 2.16. The maximum atomic E-state index is 13.0. The van der Waals surface area contributed by atoms with Crippen LogP contribution in [0.2, 0.25) is 5.02 Å². The van der Waals surface area contributed by atoms with E-state index in [0.29, 0.717) is 10.7 Å². The molecule has 20 heavy (non-hydrogen) atoms. The van der Waals surface area contributed by atoms with E-state index in [2.05, 4.69) is 5.32 Å². The van der Waals surface area contributed by atoms with Gasteiger partial charge in [-0.1, -0.05) is 29.8 Å². The molecule has 5 heteroatoms. The van der Waals surface area contributed by atoms with E-state index in [9.17, 15) is 9.18 Å². The van der Waals surface area contributed by atoms with E-state index in [0.717, 1.165) is 4.90 Å². The van der Waals surface area contributed by atoms with Crippen LogP contribution < -0.4 is 5.32 Å². The Morgan fingerprint density at radius 1 is 1.25 bits per heavy atom. The lowest BCUT2D eigenvalue weighted by molar-refractivity contribution is -0.115. The Morgan fingerprint density at radius 2 is 2.00 bits per heavy atom. The van der Waals surface area contributed by atoms with E-state index in [1.165, 1.54) is 23.9 Å².